The lowest BCUT2D eigenvalue weighted by atomic mass is 10.1. The highest BCUT2D eigenvalue weighted by Crippen LogP contribution is 2.01. The topological polar surface area (TPSA) is 66.4 Å². The van der Waals surface area contributed by atoms with Gasteiger partial charge in [0, 0.05) is 5.56 Å². The molecule has 1 unspecified atom stereocenters. The van der Waals surface area contributed by atoms with E-state index in [9.17, 15) is 9.59 Å². The van der Waals surface area contributed by atoms with Crippen LogP contribution in [0.2, 0.25) is 0 Å². The lowest BCUT2D eigenvalue weighted by Crippen LogP contribution is -2.35. The van der Waals surface area contributed by atoms with Crippen molar-refractivity contribution in [2.75, 3.05) is 0 Å². The molecule has 13 heavy (non-hydrogen) atoms. The zero-order valence-electron chi connectivity index (χ0n) is 6.81. The Balaban J connectivity index is 2.73. The maximum absolute atomic E-state index is 11.3. The minimum atomic E-state index is -1.46. The normalized spacial score (nSPS) is 11.8. The van der Waals surface area contributed by atoms with Crippen LogP contribution in [0, 0.1) is 0 Å². The zero-order chi connectivity index (χ0) is 9.68. The summed E-state index contributed by atoms with van der Waals surface area (Å²) in [6, 6.07) is 8.26. The van der Waals surface area contributed by atoms with Crippen molar-refractivity contribution in [1.82, 2.24) is 5.32 Å². The summed E-state index contributed by atoms with van der Waals surface area (Å²) in [6.45, 7) is 0. The molecule has 0 bridgehead atoms. The molecule has 1 atom stereocenters. The number of hydrogen-bond acceptors (Lipinski definition) is 3. The first-order valence-electron chi connectivity index (χ1n) is 3.72. The fourth-order valence-corrected chi connectivity index (χ4v) is 0.900. The molecule has 0 saturated carbocycles. The second kappa shape index (κ2) is 4.37. The smallest absolute Gasteiger partial charge is 0.211 e. The third-order valence-corrected chi connectivity index (χ3v) is 1.53. The van der Waals surface area contributed by atoms with Crippen LogP contribution in [-0.4, -0.2) is 23.5 Å². The number of nitrogens with one attached hydrogen (secondary N) is 1. The largest absolute Gasteiger partial charge is 0.367 e. The van der Waals surface area contributed by atoms with Crippen LogP contribution in [0.25, 0.3) is 0 Å². The molecule has 0 saturated heterocycles. The molecule has 1 aromatic rings. The van der Waals surface area contributed by atoms with Crippen LogP contribution in [0.4, 0.5) is 0 Å². The van der Waals surface area contributed by atoms with E-state index in [1.165, 1.54) is 0 Å². The summed E-state index contributed by atoms with van der Waals surface area (Å²) in [7, 11) is 0. The van der Waals surface area contributed by atoms with Gasteiger partial charge in [0.1, 0.15) is 0 Å². The number of benzene rings is 1. The van der Waals surface area contributed by atoms with Crippen molar-refractivity contribution in [3.8, 4) is 0 Å². The van der Waals surface area contributed by atoms with Gasteiger partial charge < -0.3 is 10.4 Å². The molecule has 0 aromatic heterocycles. The van der Waals surface area contributed by atoms with E-state index in [0.29, 0.717) is 5.56 Å². The van der Waals surface area contributed by atoms with Gasteiger partial charge in [-0.1, -0.05) is 30.3 Å². The first-order valence-corrected chi connectivity index (χ1v) is 3.72. The minimum Gasteiger partial charge on any atom is -0.367 e. The maximum atomic E-state index is 11.3. The molecule has 4 nitrogen and oxygen atoms in total. The lowest BCUT2D eigenvalue weighted by molar-refractivity contribution is -0.111. The molecule has 1 amide bonds. The van der Waals surface area contributed by atoms with E-state index in [4.69, 9.17) is 5.11 Å². The third kappa shape index (κ3) is 2.38. The van der Waals surface area contributed by atoms with Crippen LogP contribution in [0.5, 0.6) is 0 Å². The highest BCUT2D eigenvalue weighted by atomic mass is 16.3. The Morgan fingerprint density at radius 1 is 1.38 bits per heavy atom. The maximum Gasteiger partial charge on any atom is 0.211 e. The first-order chi connectivity index (χ1) is 6.25. The van der Waals surface area contributed by atoms with E-state index < -0.39 is 12.0 Å². The molecular weight excluding hydrogens is 170 g/mol. The van der Waals surface area contributed by atoms with Crippen molar-refractivity contribution in [3.05, 3.63) is 35.9 Å². The number of rotatable bonds is 4. The standard InChI is InChI=1S/C9H9NO3/c11-6-10-9(13)8(12)7-4-2-1-3-5-7/h1-6,9,13H,(H,10,11). The predicted molar refractivity (Wildman–Crippen MR) is 46.0 cm³/mol. The van der Waals surface area contributed by atoms with Gasteiger partial charge in [0.05, 0.1) is 0 Å². The van der Waals surface area contributed by atoms with Crippen LogP contribution in [0.15, 0.2) is 30.3 Å². The van der Waals surface area contributed by atoms with Crippen molar-refractivity contribution in [1.29, 1.82) is 0 Å². The molecule has 68 valence electrons. The zero-order valence-corrected chi connectivity index (χ0v) is 6.81. The van der Waals surface area contributed by atoms with E-state index in [2.05, 4.69) is 0 Å². The van der Waals surface area contributed by atoms with E-state index in [1.54, 1.807) is 30.3 Å². The Morgan fingerprint density at radius 3 is 2.54 bits per heavy atom. The van der Waals surface area contributed by atoms with E-state index in [0.717, 1.165) is 0 Å². The van der Waals surface area contributed by atoms with Gasteiger partial charge in [-0.15, -0.1) is 0 Å². The second-order valence-electron chi connectivity index (χ2n) is 2.42. The first kappa shape index (κ1) is 9.41. The Kier molecular flexibility index (Phi) is 3.16. The third-order valence-electron chi connectivity index (χ3n) is 1.53. The highest BCUT2D eigenvalue weighted by molar-refractivity contribution is 5.99. The lowest BCUT2D eigenvalue weighted by Gasteiger charge is -2.06. The molecule has 0 spiro atoms. The molecule has 0 fully saturated rings. The minimum absolute atomic E-state index is 0.283. The van der Waals surface area contributed by atoms with Gasteiger partial charge in [-0.3, -0.25) is 9.59 Å². The summed E-state index contributed by atoms with van der Waals surface area (Å²) in [5, 5.41) is 11.0. The van der Waals surface area contributed by atoms with Crippen LogP contribution in [0.1, 0.15) is 10.4 Å². The SMILES string of the molecule is O=CNC(O)C(=O)c1ccccc1. The summed E-state index contributed by atoms with van der Waals surface area (Å²) in [5.74, 6) is -0.521. The Morgan fingerprint density at radius 2 is 2.00 bits per heavy atom. The average molecular weight is 179 g/mol. The summed E-state index contributed by atoms with van der Waals surface area (Å²) in [6.07, 6.45) is -1.18. The Labute approximate surface area is 75.2 Å². The van der Waals surface area contributed by atoms with Crippen LogP contribution < -0.4 is 5.32 Å². The van der Waals surface area contributed by atoms with Gasteiger partial charge >= 0.3 is 0 Å². The molecule has 1 rings (SSSR count). The molecular formula is C9H9NO3. The van der Waals surface area contributed by atoms with Gasteiger partial charge in [-0.05, 0) is 0 Å². The van der Waals surface area contributed by atoms with Gasteiger partial charge in [0.25, 0.3) is 0 Å². The second-order valence-corrected chi connectivity index (χ2v) is 2.42. The van der Waals surface area contributed by atoms with Crippen molar-refractivity contribution in [3.63, 3.8) is 0 Å². The van der Waals surface area contributed by atoms with Crippen LogP contribution >= 0.6 is 0 Å². The number of aliphatic hydroxyl groups is 1. The number of Topliss-reactive ketones (excluding diaryl/α,β-unsaturated/α-hetero) is 1. The number of amides is 1. The molecule has 4 heteroatoms. The summed E-state index contributed by atoms with van der Waals surface area (Å²) < 4.78 is 0. The molecule has 0 radical (unpaired) electrons. The number of hydrogen-bond donors (Lipinski definition) is 2. The van der Waals surface area contributed by atoms with Crippen molar-refractivity contribution >= 4 is 12.2 Å². The molecule has 0 aliphatic heterocycles. The van der Waals surface area contributed by atoms with Crippen LogP contribution in [0.3, 0.4) is 0 Å². The van der Waals surface area contributed by atoms with E-state index >= 15 is 0 Å². The van der Waals surface area contributed by atoms with Crippen molar-refractivity contribution < 1.29 is 14.7 Å². The van der Waals surface area contributed by atoms with Crippen LogP contribution in [-0.2, 0) is 4.79 Å². The monoisotopic (exact) mass is 179 g/mol. The molecule has 2 N–H and O–H groups in total. The number of carbonyl (C=O) groups is 2. The molecule has 0 aliphatic carbocycles. The summed E-state index contributed by atoms with van der Waals surface area (Å²) >= 11 is 0. The fraction of sp³-hybridized carbons (Fsp3) is 0.111. The van der Waals surface area contributed by atoms with Crippen molar-refractivity contribution in [2.45, 2.75) is 6.23 Å². The quantitative estimate of drug-likeness (QED) is 0.386. The molecule has 1 aromatic carbocycles. The summed E-state index contributed by atoms with van der Waals surface area (Å²) in [4.78, 5) is 21.2. The Hall–Kier alpha value is -1.68. The number of aliphatic hydroxyl groups excluding tert-OH is 1. The molecule has 0 heterocycles. The van der Waals surface area contributed by atoms with E-state index in [1.807, 2.05) is 5.32 Å². The fourth-order valence-electron chi connectivity index (χ4n) is 0.900. The van der Waals surface area contributed by atoms with Gasteiger partial charge in [-0.25, -0.2) is 0 Å². The average Bonchev–Trinajstić information content (AvgIpc) is 2.18. The van der Waals surface area contributed by atoms with Gasteiger partial charge in [0.15, 0.2) is 6.23 Å². The van der Waals surface area contributed by atoms with E-state index in [-0.39, 0.29) is 6.41 Å². The van der Waals surface area contributed by atoms with Gasteiger partial charge in [-0.2, -0.15) is 0 Å². The summed E-state index contributed by atoms with van der Waals surface area (Å²) in [5.41, 5.74) is 0.365. The van der Waals surface area contributed by atoms with Crippen molar-refractivity contribution in [2.24, 2.45) is 0 Å². The predicted octanol–water partition coefficient (Wildman–Crippen LogP) is -0.0663. The van der Waals surface area contributed by atoms with Gasteiger partial charge in [0.2, 0.25) is 12.2 Å². The molecule has 0 aliphatic rings. The Bertz CT molecular complexity index is 297. The number of ketones is 1. The number of carbonyl (C=O) groups excluding carboxylic acids is 2. The highest BCUT2D eigenvalue weighted by Gasteiger charge is 2.14.